The summed E-state index contributed by atoms with van der Waals surface area (Å²) < 4.78 is 0. The third-order valence-electron chi connectivity index (χ3n) is 3.36. The Morgan fingerprint density at radius 1 is 1.38 bits per heavy atom. The van der Waals surface area contributed by atoms with Gasteiger partial charge in [0, 0.05) is 13.1 Å². The molecule has 0 saturated carbocycles. The second-order valence-corrected chi connectivity index (χ2v) is 5.42. The van der Waals surface area contributed by atoms with Gasteiger partial charge in [0.25, 0.3) is 0 Å². The van der Waals surface area contributed by atoms with E-state index in [1.807, 2.05) is 0 Å². The molecule has 0 aliphatic carbocycles. The molecule has 0 spiro atoms. The molecular weight excluding hydrogens is 200 g/mol. The molecular formula is C13H26N2O. The number of carbonyl (C=O) groups is 1. The third-order valence-corrected chi connectivity index (χ3v) is 3.36. The lowest BCUT2D eigenvalue weighted by atomic mass is 9.97. The Labute approximate surface area is 99.4 Å². The lowest BCUT2D eigenvalue weighted by Gasteiger charge is -2.14. The predicted molar refractivity (Wildman–Crippen MR) is 67.2 cm³/mol. The molecule has 3 nitrogen and oxygen atoms in total. The highest BCUT2D eigenvalue weighted by atomic mass is 16.1. The molecule has 1 saturated heterocycles. The van der Waals surface area contributed by atoms with Gasteiger partial charge in [-0.05, 0) is 24.8 Å². The minimum Gasteiger partial charge on any atom is -0.356 e. The molecule has 0 radical (unpaired) electrons. The molecule has 0 bridgehead atoms. The van der Waals surface area contributed by atoms with E-state index >= 15 is 0 Å². The first-order valence-electron chi connectivity index (χ1n) is 6.59. The van der Waals surface area contributed by atoms with Crippen LogP contribution in [0.15, 0.2) is 0 Å². The van der Waals surface area contributed by atoms with Crippen LogP contribution in [-0.2, 0) is 4.79 Å². The monoisotopic (exact) mass is 226 g/mol. The van der Waals surface area contributed by atoms with E-state index < -0.39 is 0 Å². The van der Waals surface area contributed by atoms with E-state index in [-0.39, 0.29) is 11.8 Å². The molecule has 94 valence electrons. The van der Waals surface area contributed by atoms with Gasteiger partial charge in [-0.15, -0.1) is 0 Å². The molecule has 3 heteroatoms. The molecule has 1 aliphatic rings. The summed E-state index contributed by atoms with van der Waals surface area (Å²) in [5, 5.41) is 6.31. The fourth-order valence-corrected chi connectivity index (χ4v) is 2.18. The second kappa shape index (κ2) is 6.89. The van der Waals surface area contributed by atoms with Crippen molar-refractivity contribution in [2.24, 2.45) is 17.8 Å². The van der Waals surface area contributed by atoms with Crippen molar-refractivity contribution in [2.45, 2.75) is 40.0 Å². The molecule has 0 aromatic heterocycles. The van der Waals surface area contributed by atoms with E-state index in [9.17, 15) is 4.79 Å². The summed E-state index contributed by atoms with van der Waals surface area (Å²) in [5.74, 6) is 1.68. The van der Waals surface area contributed by atoms with Gasteiger partial charge < -0.3 is 10.6 Å². The van der Waals surface area contributed by atoms with Crippen molar-refractivity contribution in [1.82, 2.24) is 10.6 Å². The average molecular weight is 226 g/mol. The van der Waals surface area contributed by atoms with Crippen molar-refractivity contribution in [3.8, 4) is 0 Å². The minimum atomic E-state index is 0.185. The van der Waals surface area contributed by atoms with E-state index in [2.05, 4.69) is 31.4 Å². The fraction of sp³-hybridized carbons (Fsp3) is 0.923. The zero-order valence-corrected chi connectivity index (χ0v) is 10.9. The summed E-state index contributed by atoms with van der Waals surface area (Å²) in [6.07, 6.45) is 3.59. The van der Waals surface area contributed by atoms with Crippen LogP contribution in [0.2, 0.25) is 0 Å². The van der Waals surface area contributed by atoms with Gasteiger partial charge in [-0.2, -0.15) is 0 Å². The summed E-state index contributed by atoms with van der Waals surface area (Å²) in [4.78, 5) is 11.8. The van der Waals surface area contributed by atoms with Crippen molar-refractivity contribution in [3.05, 3.63) is 0 Å². The molecule has 2 N–H and O–H groups in total. The standard InChI is InChI=1S/C13H26N2O/c1-10(2)6-4-5-7-15-13(16)12-9-14-8-11(12)3/h10-12,14H,4-9H2,1-3H3,(H,15,16). The molecule has 1 rings (SSSR count). The van der Waals surface area contributed by atoms with Crippen LogP contribution < -0.4 is 10.6 Å². The molecule has 1 heterocycles. The Bertz CT molecular complexity index is 216. The Kier molecular flexibility index (Phi) is 5.81. The molecule has 16 heavy (non-hydrogen) atoms. The predicted octanol–water partition coefficient (Wildman–Crippen LogP) is 1.78. The zero-order valence-electron chi connectivity index (χ0n) is 10.9. The number of carbonyl (C=O) groups excluding carboxylic acids is 1. The van der Waals surface area contributed by atoms with Gasteiger partial charge >= 0.3 is 0 Å². The minimum absolute atomic E-state index is 0.185. The van der Waals surface area contributed by atoms with E-state index in [1.54, 1.807) is 0 Å². The number of hydrogen-bond donors (Lipinski definition) is 2. The van der Waals surface area contributed by atoms with Crippen LogP contribution in [0, 0.1) is 17.8 Å². The lowest BCUT2D eigenvalue weighted by Crippen LogP contribution is -2.34. The largest absolute Gasteiger partial charge is 0.356 e. The van der Waals surface area contributed by atoms with E-state index in [0.29, 0.717) is 5.92 Å². The Hall–Kier alpha value is -0.570. The van der Waals surface area contributed by atoms with Gasteiger partial charge in [-0.3, -0.25) is 4.79 Å². The highest BCUT2D eigenvalue weighted by Crippen LogP contribution is 2.15. The number of amides is 1. The van der Waals surface area contributed by atoms with Gasteiger partial charge in [-0.25, -0.2) is 0 Å². The maximum absolute atomic E-state index is 11.8. The fourth-order valence-electron chi connectivity index (χ4n) is 2.18. The first-order chi connectivity index (χ1) is 7.61. The van der Waals surface area contributed by atoms with Crippen LogP contribution in [0.1, 0.15) is 40.0 Å². The van der Waals surface area contributed by atoms with Crippen LogP contribution in [0.25, 0.3) is 0 Å². The van der Waals surface area contributed by atoms with Crippen molar-refractivity contribution in [1.29, 1.82) is 0 Å². The van der Waals surface area contributed by atoms with Crippen LogP contribution >= 0.6 is 0 Å². The van der Waals surface area contributed by atoms with E-state index in [4.69, 9.17) is 0 Å². The Balaban J connectivity index is 2.06. The molecule has 2 atom stereocenters. The smallest absolute Gasteiger partial charge is 0.224 e. The lowest BCUT2D eigenvalue weighted by molar-refractivity contribution is -0.125. The molecule has 2 unspecified atom stereocenters. The van der Waals surface area contributed by atoms with E-state index in [0.717, 1.165) is 32.0 Å². The van der Waals surface area contributed by atoms with Crippen LogP contribution in [-0.4, -0.2) is 25.5 Å². The summed E-state index contributed by atoms with van der Waals surface area (Å²) in [6.45, 7) is 9.29. The first kappa shape index (κ1) is 13.5. The maximum Gasteiger partial charge on any atom is 0.224 e. The Morgan fingerprint density at radius 3 is 2.69 bits per heavy atom. The molecule has 1 fully saturated rings. The molecule has 1 aliphatic heterocycles. The number of unbranched alkanes of at least 4 members (excludes halogenated alkanes) is 1. The zero-order chi connectivity index (χ0) is 12.0. The van der Waals surface area contributed by atoms with Gasteiger partial charge in [0.05, 0.1) is 5.92 Å². The van der Waals surface area contributed by atoms with Crippen molar-refractivity contribution >= 4 is 5.91 Å². The number of nitrogens with one attached hydrogen (secondary N) is 2. The van der Waals surface area contributed by atoms with Crippen LogP contribution in [0.5, 0.6) is 0 Å². The highest BCUT2D eigenvalue weighted by molar-refractivity contribution is 5.79. The summed E-state index contributed by atoms with van der Waals surface area (Å²) in [5.41, 5.74) is 0. The first-order valence-corrected chi connectivity index (χ1v) is 6.59. The van der Waals surface area contributed by atoms with Gasteiger partial charge in [0.2, 0.25) is 5.91 Å². The van der Waals surface area contributed by atoms with Gasteiger partial charge in [-0.1, -0.05) is 33.6 Å². The molecule has 1 amide bonds. The van der Waals surface area contributed by atoms with Crippen LogP contribution in [0.4, 0.5) is 0 Å². The third kappa shape index (κ3) is 4.52. The molecule has 0 aromatic rings. The SMILES string of the molecule is CC(C)CCCCNC(=O)C1CNCC1C. The van der Waals surface area contributed by atoms with Crippen LogP contribution in [0.3, 0.4) is 0 Å². The topological polar surface area (TPSA) is 41.1 Å². The normalized spacial score (nSPS) is 25.0. The number of hydrogen-bond acceptors (Lipinski definition) is 2. The van der Waals surface area contributed by atoms with Gasteiger partial charge in [0.15, 0.2) is 0 Å². The Morgan fingerprint density at radius 2 is 2.12 bits per heavy atom. The summed E-state index contributed by atoms with van der Waals surface area (Å²) in [6, 6.07) is 0. The van der Waals surface area contributed by atoms with Crippen molar-refractivity contribution in [2.75, 3.05) is 19.6 Å². The average Bonchev–Trinajstić information content (AvgIpc) is 2.63. The quantitative estimate of drug-likeness (QED) is 0.678. The van der Waals surface area contributed by atoms with Crippen molar-refractivity contribution < 1.29 is 4.79 Å². The number of rotatable bonds is 6. The van der Waals surface area contributed by atoms with Crippen molar-refractivity contribution in [3.63, 3.8) is 0 Å². The maximum atomic E-state index is 11.8. The molecule has 0 aromatic carbocycles. The highest BCUT2D eigenvalue weighted by Gasteiger charge is 2.28. The van der Waals surface area contributed by atoms with Gasteiger partial charge in [0.1, 0.15) is 0 Å². The second-order valence-electron chi connectivity index (χ2n) is 5.42. The summed E-state index contributed by atoms with van der Waals surface area (Å²) >= 11 is 0. The summed E-state index contributed by atoms with van der Waals surface area (Å²) in [7, 11) is 0. The van der Waals surface area contributed by atoms with E-state index in [1.165, 1.54) is 12.8 Å².